The summed E-state index contributed by atoms with van der Waals surface area (Å²) in [5.74, 6) is 2.49. The fourth-order valence-electron chi connectivity index (χ4n) is 2.79. The van der Waals surface area contributed by atoms with Gasteiger partial charge in [0.15, 0.2) is 15.8 Å². The van der Waals surface area contributed by atoms with Gasteiger partial charge in [-0.05, 0) is 44.5 Å². The van der Waals surface area contributed by atoms with Gasteiger partial charge in [0, 0.05) is 26.7 Å². The second kappa shape index (κ2) is 8.62. The van der Waals surface area contributed by atoms with E-state index in [4.69, 9.17) is 9.47 Å². The molecule has 1 N–H and O–H groups in total. The van der Waals surface area contributed by atoms with E-state index in [2.05, 4.69) is 10.3 Å². The zero-order valence-corrected chi connectivity index (χ0v) is 16.8. The molecule has 0 atom stereocenters. The third kappa shape index (κ3) is 5.03. The smallest absolute Gasteiger partial charge is 0.193 e. The van der Waals surface area contributed by atoms with Crippen LogP contribution in [0.5, 0.6) is 11.5 Å². The van der Waals surface area contributed by atoms with Gasteiger partial charge in [-0.3, -0.25) is 4.99 Å². The van der Waals surface area contributed by atoms with E-state index in [1.165, 1.54) is 0 Å². The van der Waals surface area contributed by atoms with Crippen LogP contribution in [0.1, 0.15) is 20.3 Å². The third-order valence-electron chi connectivity index (χ3n) is 4.49. The summed E-state index contributed by atoms with van der Waals surface area (Å²) in [7, 11) is 0.293. The number of sulfone groups is 1. The maximum atomic E-state index is 12.1. The summed E-state index contributed by atoms with van der Waals surface area (Å²) in [6.07, 6.45) is 0.806. The lowest BCUT2D eigenvalue weighted by atomic mass is 10.2. The van der Waals surface area contributed by atoms with Gasteiger partial charge >= 0.3 is 0 Å². The molecule has 0 bridgehead atoms. The largest absolute Gasteiger partial charge is 0.497 e. The SMILES string of the molecule is CN=C(NCCCOc1ccc(OC)cc1)N1CCS(=O)(=O)C(C)(C)C1. The van der Waals surface area contributed by atoms with Crippen LogP contribution in [0.15, 0.2) is 29.3 Å². The molecule has 7 nitrogen and oxygen atoms in total. The Hall–Kier alpha value is -1.96. The van der Waals surface area contributed by atoms with Crippen LogP contribution in [0.25, 0.3) is 0 Å². The molecule has 26 heavy (non-hydrogen) atoms. The van der Waals surface area contributed by atoms with Crippen molar-refractivity contribution in [3.63, 3.8) is 0 Å². The topological polar surface area (TPSA) is 80.2 Å². The minimum absolute atomic E-state index is 0.154. The quantitative estimate of drug-likeness (QED) is 0.456. The number of nitrogens with one attached hydrogen (secondary N) is 1. The molecule has 1 aromatic carbocycles. The van der Waals surface area contributed by atoms with E-state index < -0.39 is 14.6 Å². The van der Waals surface area contributed by atoms with Crippen molar-refractivity contribution < 1.29 is 17.9 Å². The van der Waals surface area contributed by atoms with Crippen LogP contribution in [-0.2, 0) is 9.84 Å². The number of methoxy groups -OCH3 is 1. The molecule has 0 spiro atoms. The zero-order chi connectivity index (χ0) is 19.2. The van der Waals surface area contributed by atoms with Crippen molar-refractivity contribution in [2.75, 3.05) is 46.2 Å². The van der Waals surface area contributed by atoms with Crippen LogP contribution < -0.4 is 14.8 Å². The summed E-state index contributed by atoms with van der Waals surface area (Å²) in [6, 6.07) is 7.48. The van der Waals surface area contributed by atoms with E-state index in [1.807, 2.05) is 29.2 Å². The molecule has 1 fully saturated rings. The molecule has 1 aromatic rings. The molecule has 0 saturated carbocycles. The van der Waals surface area contributed by atoms with Gasteiger partial charge in [-0.25, -0.2) is 8.42 Å². The predicted octanol–water partition coefficient (Wildman–Crippen LogP) is 1.55. The summed E-state index contributed by atoms with van der Waals surface area (Å²) in [5.41, 5.74) is 0. The highest BCUT2D eigenvalue weighted by Gasteiger charge is 2.40. The van der Waals surface area contributed by atoms with Gasteiger partial charge in [-0.15, -0.1) is 0 Å². The molecule has 0 unspecified atom stereocenters. The van der Waals surface area contributed by atoms with E-state index >= 15 is 0 Å². The minimum atomic E-state index is -3.05. The second-order valence-corrected chi connectivity index (χ2v) is 9.59. The first-order valence-electron chi connectivity index (χ1n) is 8.74. The number of ether oxygens (including phenoxy) is 2. The van der Waals surface area contributed by atoms with Crippen molar-refractivity contribution in [2.24, 2.45) is 4.99 Å². The zero-order valence-electron chi connectivity index (χ0n) is 16.0. The van der Waals surface area contributed by atoms with Crippen LogP contribution >= 0.6 is 0 Å². The molecule has 0 aliphatic carbocycles. The van der Waals surface area contributed by atoms with E-state index in [0.29, 0.717) is 26.2 Å². The highest BCUT2D eigenvalue weighted by atomic mass is 32.2. The van der Waals surface area contributed by atoms with E-state index in [1.54, 1.807) is 28.0 Å². The normalized spacial score (nSPS) is 19.1. The molecule has 146 valence electrons. The van der Waals surface area contributed by atoms with E-state index in [-0.39, 0.29) is 5.75 Å². The van der Waals surface area contributed by atoms with Crippen LogP contribution in [0.4, 0.5) is 0 Å². The first-order chi connectivity index (χ1) is 12.3. The van der Waals surface area contributed by atoms with E-state index in [0.717, 1.165) is 23.9 Å². The Bertz CT molecular complexity index is 714. The van der Waals surface area contributed by atoms with Gasteiger partial charge < -0.3 is 19.7 Å². The summed E-state index contributed by atoms with van der Waals surface area (Å²) < 4.78 is 34.3. The number of rotatable bonds is 6. The van der Waals surface area contributed by atoms with Crippen molar-refractivity contribution in [3.8, 4) is 11.5 Å². The first-order valence-corrected chi connectivity index (χ1v) is 10.4. The Kier molecular flexibility index (Phi) is 6.75. The Labute approximate surface area is 156 Å². The first kappa shape index (κ1) is 20.4. The molecule has 1 saturated heterocycles. The van der Waals surface area contributed by atoms with Crippen molar-refractivity contribution >= 4 is 15.8 Å². The molecule has 8 heteroatoms. The van der Waals surface area contributed by atoms with Gasteiger partial charge in [0.2, 0.25) is 0 Å². The molecular weight excluding hydrogens is 354 g/mol. The number of hydrogen-bond donors (Lipinski definition) is 1. The molecule has 0 amide bonds. The second-order valence-electron chi connectivity index (χ2n) is 6.85. The van der Waals surface area contributed by atoms with Crippen LogP contribution in [0.2, 0.25) is 0 Å². The van der Waals surface area contributed by atoms with Crippen LogP contribution in [0, 0.1) is 0 Å². The molecule has 1 aliphatic heterocycles. The van der Waals surface area contributed by atoms with Gasteiger partial charge in [-0.2, -0.15) is 0 Å². The standard InChI is InChI=1S/C18H29N3O4S/c1-18(2)14-21(11-13-26(18,22)23)17(19-3)20-10-5-12-25-16-8-6-15(24-4)7-9-16/h6-9H,5,10-14H2,1-4H3,(H,19,20). The molecule has 0 radical (unpaired) electrons. The lowest BCUT2D eigenvalue weighted by molar-refractivity contribution is 0.307. The number of hydrogen-bond acceptors (Lipinski definition) is 5. The van der Waals surface area contributed by atoms with Gasteiger partial charge in [0.05, 0.1) is 24.2 Å². The monoisotopic (exact) mass is 383 g/mol. The lowest BCUT2D eigenvalue weighted by Crippen LogP contribution is -2.57. The number of benzene rings is 1. The van der Waals surface area contributed by atoms with Crippen molar-refractivity contribution in [1.29, 1.82) is 0 Å². The Morgan fingerprint density at radius 2 is 1.92 bits per heavy atom. The maximum absolute atomic E-state index is 12.1. The third-order valence-corrected chi connectivity index (χ3v) is 7.02. The van der Waals surface area contributed by atoms with Crippen molar-refractivity contribution in [1.82, 2.24) is 10.2 Å². The number of guanidine groups is 1. The summed E-state index contributed by atoms with van der Waals surface area (Å²) >= 11 is 0. The summed E-state index contributed by atoms with van der Waals surface area (Å²) in [4.78, 5) is 6.29. The van der Waals surface area contributed by atoms with Crippen LogP contribution in [-0.4, -0.2) is 70.2 Å². The number of aliphatic imine (C=N–C) groups is 1. The molecule has 2 rings (SSSR count). The summed E-state index contributed by atoms with van der Waals surface area (Å²) in [5, 5.41) is 3.29. The Balaban J connectivity index is 1.75. The van der Waals surface area contributed by atoms with Crippen molar-refractivity contribution in [2.45, 2.75) is 25.0 Å². The average molecular weight is 384 g/mol. The summed E-state index contributed by atoms with van der Waals surface area (Å²) in [6.45, 7) is 5.72. The molecule has 1 heterocycles. The fourth-order valence-corrected chi connectivity index (χ4v) is 4.16. The fraction of sp³-hybridized carbons (Fsp3) is 0.611. The van der Waals surface area contributed by atoms with Gasteiger partial charge in [0.1, 0.15) is 11.5 Å². The Morgan fingerprint density at radius 3 is 2.50 bits per heavy atom. The predicted molar refractivity (Wildman–Crippen MR) is 104 cm³/mol. The van der Waals surface area contributed by atoms with E-state index in [9.17, 15) is 8.42 Å². The lowest BCUT2D eigenvalue weighted by Gasteiger charge is -2.39. The van der Waals surface area contributed by atoms with Crippen LogP contribution in [0.3, 0.4) is 0 Å². The highest BCUT2D eigenvalue weighted by Crippen LogP contribution is 2.23. The average Bonchev–Trinajstić information content (AvgIpc) is 2.61. The van der Waals surface area contributed by atoms with Crippen molar-refractivity contribution in [3.05, 3.63) is 24.3 Å². The molecule has 0 aromatic heterocycles. The number of nitrogens with zero attached hydrogens (tertiary/aromatic N) is 2. The highest BCUT2D eigenvalue weighted by molar-refractivity contribution is 7.92. The molecular formula is C18H29N3O4S. The minimum Gasteiger partial charge on any atom is -0.497 e. The van der Waals surface area contributed by atoms with Gasteiger partial charge in [-0.1, -0.05) is 0 Å². The molecule has 1 aliphatic rings. The Morgan fingerprint density at radius 1 is 1.27 bits per heavy atom. The maximum Gasteiger partial charge on any atom is 0.193 e. The van der Waals surface area contributed by atoms with Gasteiger partial charge in [0.25, 0.3) is 0 Å².